The molecule has 0 aromatic heterocycles. The first-order valence-corrected chi connectivity index (χ1v) is 4.01. The monoisotopic (exact) mass is 224 g/mol. The smallest absolute Gasteiger partial charge is 0.422 e. The molecule has 0 aliphatic heterocycles. The Bertz CT molecular complexity index is 335. The van der Waals surface area contributed by atoms with Crippen LogP contribution in [0.5, 0.6) is 5.75 Å². The van der Waals surface area contributed by atoms with Gasteiger partial charge in [0.05, 0.1) is 6.61 Å². The average Bonchev–Trinajstić information content (AvgIpc) is 2.14. The van der Waals surface area contributed by atoms with Crippen molar-refractivity contribution in [1.29, 1.82) is 0 Å². The first-order chi connectivity index (χ1) is 6.92. The molecule has 0 fully saturated rings. The third-order valence-corrected chi connectivity index (χ3v) is 1.59. The van der Waals surface area contributed by atoms with Crippen molar-refractivity contribution in [3.05, 3.63) is 29.6 Å². The quantitative estimate of drug-likeness (QED) is 0.798. The molecular weight excluding hydrogens is 216 g/mol. The van der Waals surface area contributed by atoms with Gasteiger partial charge in [0.1, 0.15) is 11.6 Å². The van der Waals surface area contributed by atoms with Crippen molar-refractivity contribution in [1.82, 2.24) is 0 Å². The van der Waals surface area contributed by atoms with E-state index in [9.17, 15) is 17.6 Å². The lowest BCUT2D eigenvalue weighted by Gasteiger charge is -2.11. The second-order valence-electron chi connectivity index (χ2n) is 2.81. The minimum absolute atomic E-state index is 0.112. The number of benzene rings is 1. The predicted octanol–water partition coefficient (Wildman–Crippen LogP) is 2.26. The standard InChI is InChI=1S/C9H8F4O2/c10-7-2-1-6(4-14)8(3-7)15-5-9(11,12)13/h1-3,14H,4-5H2. The van der Waals surface area contributed by atoms with E-state index in [0.29, 0.717) is 0 Å². The highest BCUT2D eigenvalue weighted by Crippen LogP contribution is 2.23. The zero-order valence-electron chi connectivity index (χ0n) is 7.51. The van der Waals surface area contributed by atoms with Gasteiger partial charge in [0, 0.05) is 11.6 Å². The molecule has 0 heterocycles. The maximum Gasteiger partial charge on any atom is 0.422 e. The van der Waals surface area contributed by atoms with E-state index in [1.807, 2.05) is 0 Å². The molecule has 0 unspecified atom stereocenters. The third-order valence-electron chi connectivity index (χ3n) is 1.59. The van der Waals surface area contributed by atoms with Crippen molar-refractivity contribution < 1.29 is 27.4 Å². The second-order valence-corrected chi connectivity index (χ2v) is 2.81. The second kappa shape index (κ2) is 4.48. The van der Waals surface area contributed by atoms with Crippen LogP contribution in [-0.2, 0) is 6.61 Å². The summed E-state index contributed by atoms with van der Waals surface area (Å²) in [6.45, 7) is -2.02. The average molecular weight is 224 g/mol. The van der Waals surface area contributed by atoms with Gasteiger partial charge in [-0.3, -0.25) is 0 Å². The van der Waals surface area contributed by atoms with Crippen LogP contribution in [0.25, 0.3) is 0 Å². The van der Waals surface area contributed by atoms with Gasteiger partial charge in [-0.2, -0.15) is 13.2 Å². The molecule has 15 heavy (non-hydrogen) atoms. The van der Waals surface area contributed by atoms with Crippen molar-refractivity contribution >= 4 is 0 Å². The lowest BCUT2D eigenvalue weighted by molar-refractivity contribution is -0.153. The summed E-state index contributed by atoms with van der Waals surface area (Å²) in [6, 6.07) is 3.00. The maximum atomic E-state index is 12.7. The number of alkyl halides is 3. The molecule has 1 aromatic carbocycles. The van der Waals surface area contributed by atoms with E-state index in [0.717, 1.165) is 12.1 Å². The number of hydrogen-bond donors (Lipinski definition) is 1. The zero-order chi connectivity index (χ0) is 11.5. The Morgan fingerprint density at radius 1 is 1.27 bits per heavy atom. The zero-order valence-corrected chi connectivity index (χ0v) is 7.51. The summed E-state index contributed by atoms with van der Waals surface area (Å²) >= 11 is 0. The Morgan fingerprint density at radius 3 is 2.47 bits per heavy atom. The molecule has 0 aliphatic rings. The van der Waals surface area contributed by atoms with Crippen LogP contribution in [0.4, 0.5) is 17.6 Å². The van der Waals surface area contributed by atoms with Crippen LogP contribution >= 0.6 is 0 Å². The maximum absolute atomic E-state index is 12.7. The Hall–Kier alpha value is -1.30. The largest absolute Gasteiger partial charge is 0.484 e. The fraction of sp³-hybridized carbons (Fsp3) is 0.333. The number of hydrogen-bond acceptors (Lipinski definition) is 2. The summed E-state index contributed by atoms with van der Waals surface area (Å²) < 4.78 is 52.4. The molecule has 0 aliphatic carbocycles. The Balaban J connectivity index is 2.79. The van der Waals surface area contributed by atoms with E-state index in [-0.39, 0.29) is 11.3 Å². The van der Waals surface area contributed by atoms with E-state index in [4.69, 9.17) is 5.11 Å². The first-order valence-electron chi connectivity index (χ1n) is 4.01. The number of aliphatic hydroxyl groups is 1. The van der Waals surface area contributed by atoms with Gasteiger partial charge in [-0.25, -0.2) is 4.39 Å². The van der Waals surface area contributed by atoms with Crippen molar-refractivity contribution in [2.75, 3.05) is 6.61 Å². The molecular formula is C9H8F4O2. The van der Waals surface area contributed by atoms with Gasteiger partial charge in [-0.15, -0.1) is 0 Å². The molecule has 6 heteroatoms. The molecule has 0 saturated heterocycles. The first kappa shape index (κ1) is 11.8. The summed E-state index contributed by atoms with van der Waals surface area (Å²) in [6.07, 6.45) is -4.49. The molecule has 0 radical (unpaired) electrons. The predicted molar refractivity (Wildman–Crippen MR) is 43.9 cm³/mol. The van der Waals surface area contributed by atoms with Gasteiger partial charge in [-0.05, 0) is 6.07 Å². The van der Waals surface area contributed by atoms with Gasteiger partial charge in [0.2, 0.25) is 0 Å². The number of halogens is 4. The van der Waals surface area contributed by atoms with Crippen molar-refractivity contribution in [2.24, 2.45) is 0 Å². The molecule has 0 saturated carbocycles. The molecule has 1 rings (SSSR count). The summed E-state index contributed by atoms with van der Waals surface area (Å²) in [5.74, 6) is -1.01. The fourth-order valence-electron chi connectivity index (χ4n) is 0.953. The van der Waals surface area contributed by atoms with Crippen LogP contribution < -0.4 is 4.74 Å². The minimum atomic E-state index is -4.49. The normalized spacial score (nSPS) is 11.5. The highest BCUT2D eigenvalue weighted by Gasteiger charge is 2.28. The minimum Gasteiger partial charge on any atom is -0.484 e. The SMILES string of the molecule is OCc1ccc(F)cc1OCC(F)(F)F. The van der Waals surface area contributed by atoms with Gasteiger partial charge in [-0.1, -0.05) is 6.07 Å². The molecule has 2 nitrogen and oxygen atoms in total. The highest BCUT2D eigenvalue weighted by molar-refractivity contribution is 5.33. The summed E-state index contributed by atoms with van der Waals surface area (Å²) in [5.41, 5.74) is 0.112. The molecule has 0 bridgehead atoms. The van der Waals surface area contributed by atoms with Gasteiger partial charge in [0.25, 0.3) is 0 Å². The Morgan fingerprint density at radius 2 is 1.93 bits per heavy atom. The van der Waals surface area contributed by atoms with E-state index in [1.165, 1.54) is 6.07 Å². The van der Waals surface area contributed by atoms with Gasteiger partial charge in [0.15, 0.2) is 6.61 Å². The lowest BCUT2D eigenvalue weighted by atomic mass is 10.2. The Labute approximate surface area is 83.1 Å². The van der Waals surface area contributed by atoms with E-state index >= 15 is 0 Å². The molecule has 0 atom stereocenters. The molecule has 84 valence electrons. The summed E-state index contributed by atoms with van der Waals surface area (Å²) in [7, 11) is 0. The van der Waals surface area contributed by atoms with Crippen molar-refractivity contribution in [3.63, 3.8) is 0 Å². The molecule has 1 N–H and O–H groups in total. The lowest BCUT2D eigenvalue weighted by Crippen LogP contribution is -2.19. The van der Waals surface area contributed by atoms with Crippen LogP contribution in [0.15, 0.2) is 18.2 Å². The third kappa shape index (κ3) is 3.75. The van der Waals surface area contributed by atoms with Crippen LogP contribution in [0.3, 0.4) is 0 Å². The highest BCUT2D eigenvalue weighted by atomic mass is 19.4. The fourth-order valence-corrected chi connectivity index (χ4v) is 0.953. The van der Waals surface area contributed by atoms with Crippen molar-refractivity contribution in [3.8, 4) is 5.75 Å². The van der Waals surface area contributed by atoms with Crippen LogP contribution in [0, 0.1) is 5.82 Å². The van der Waals surface area contributed by atoms with Crippen LogP contribution in [0.2, 0.25) is 0 Å². The Kier molecular flexibility index (Phi) is 3.52. The van der Waals surface area contributed by atoms with Crippen molar-refractivity contribution in [2.45, 2.75) is 12.8 Å². The molecule has 1 aromatic rings. The number of rotatable bonds is 3. The van der Waals surface area contributed by atoms with E-state index in [1.54, 1.807) is 0 Å². The number of ether oxygens (including phenoxy) is 1. The summed E-state index contributed by atoms with van der Waals surface area (Å²) in [4.78, 5) is 0. The van der Waals surface area contributed by atoms with Gasteiger partial charge < -0.3 is 9.84 Å². The van der Waals surface area contributed by atoms with E-state index in [2.05, 4.69) is 4.74 Å². The van der Waals surface area contributed by atoms with Gasteiger partial charge >= 0.3 is 6.18 Å². The molecule has 0 amide bonds. The summed E-state index contributed by atoms with van der Waals surface area (Å²) in [5, 5.41) is 8.76. The number of aliphatic hydroxyl groups excluding tert-OH is 1. The van der Waals surface area contributed by atoms with E-state index < -0.39 is 25.2 Å². The molecule has 0 spiro atoms. The van der Waals surface area contributed by atoms with Crippen LogP contribution in [-0.4, -0.2) is 17.9 Å². The topological polar surface area (TPSA) is 29.5 Å². The van der Waals surface area contributed by atoms with Crippen LogP contribution in [0.1, 0.15) is 5.56 Å².